The van der Waals surface area contributed by atoms with Gasteiger partial charge in [0.2, 0.25) is 5.82 Å². The zero-order valence-corrected chi connectivity index (χ0v) is 15.9. The zero-order chi connectivity index (χ0) is 19.6. The van der Waals surface area contributed by atoms with Crippen LogP contribution in [0, 0.1) is 12.7 Å². The minimum Gasteiger partial charge on any atom is -0.369 e. The van der Waals surface area contributed by atoms with Crippen molar-refractivity contribution in [3.05, 3.63) is 71.2 Å². The summed E-state index contributed by atoms with van der Waals surface area (Å²) >= 11 is 0. The molecule has 0 fully saturated rings. The van der Waals surface area contributed by atoms with Gasteiger partial charge < -0.3 is 15.2 Å². The first-order valence-corrected chi connectivity index (χ1v) is 8.71. The van der Waals surface area contributed by atoms with E-state index >= 15 is 0 Å². The fourth-order valence-corrected chi connectivity index (χ4v) is 2.86. The molecule has 0 aliphatic rings. The Hall–Kier alpha value is -3.15. The predicted molar refractivity (Wildman–Crippen MR) is 106 cm³/mol. The molecule has 0 spiro atoms. The van der Waals surface area contributed by atoms with Gasteiger partial charge in [0.25, 0.3) is 0 Å². The molecule has 3 aromatic rings. The van der Waals surface area contributed by atoms with Crippen molar-refractivity contribution >= 4 is 11.8 Å². The number of benzene rings is 2. The lowest BCUT2D eigenvalue weighted by Gasteiger charge is -2.12. The fourth-order valence-electron chi connectivity index (χ4n) is 2.86. The molecule has 0 amide bonds. The normalized spacial score (nSPS) is 12.9. The molecule has 6 heteroatoms. The Kier molecular flexibility index (Phi) is 5.26. The van der Waals surface area contributed by atoms with E-state index in [0.717, 1.165) is 16.7 Å². The molecule has 27 heavy (non-hydrogen) atoms. The maximum absolute atomic E-state index is 14.7. The average molecular weight is 366 g/mol. The summed E-state index contributed by atoms with van der Waals surface area (Å²) in [4.78, 5) is 5.96. The third-order valence-electron chi connectivity index (χ3n) is 4.59. The van der Waals surface area contributed by atoms with Crippen LogP contribution in [0.5, 0.6) is 0 Å². The summed E-state index contributed by atoms with van der Waals surface area (Å²) in [6, 6.07) is 14.7. The summed E-state index contributed by atoms with van der Waals surface area (Å²) in [6.07, 6.45) is 0. The first-order chi connectivity index (χ1) is 12.9. The van der Waals surface area contributed by atoms with Gasteiger partial charge in [0, 0.05) is 31.1 Å². The van der Waals surface area contributed by atoms with E-state index in [9.17, 15) is 4.39 Å². The van der Waals surface area contributed by atoms with Crippen molar-refractivity contribution in [2.24, 2.45) is 10.7 Å². The van der Waals surface area contributed by atoms with Gasteiger partial charge in [0.15, 0.2) is 5.96 Å². The summed E-state index contributed by atoms with van der Waals surface area (Å²) in [6.45, 7) is 3.83. The lowest BCUT2D eigenvalue weighted by Crippen LogP contribution is -2.29. The highest BCUT2D eigenvalue weighted by Crippen LogP contribution is 2.33. The molecule has 0 radical (unpaired) electrons. The molecule has 2 N–H and O–H groups in total. The second-order valence-corrected chi connectivity index (χ2v) is 6.69. The van der Waals surface area contributed by atoms with Crippen LogP contribution in [0.3, 0.4) is 0 Å². The number of hydrogen-bond acceptors (Lipinski definition) is 3. The minimum absolute atomic E-state index is 0.165. The van der Waals surface area contributed by atoms with Gasteiger partial charge in [0.1, 0.15) is 11.6 Å². The van der Waals surface area contributed by atoms with Gasteiger partial charge in [-0.05, 0) is 24.1 Å². The maximum atomic E-state index is 14.7. The average Bonchev–Trinajstić information content (AvgIpc) is 3.02. The molecule has 5 nitrogen and oxygen atoms in total. The van der Waals surface area contributed by atoms with Crippen LogP contribution in [0.2, 0.25) is 0 Å². The number of guanidine groups is 1. The quantitative estimate of drug-likeness (QED) is 0.547. The lowest BCUT2D eigenvalue weighted by atomic mass is 9.93. The zero-order valence-electron chi connectivity index (χ0n) is 15.9. The monoisotopic (exact) mass is 366 g/mol. The van der Waals surface area contributed by atoms with Crippen molar-refractivity contribution in [3.63, 3.8) is 0 Å². The topological polar surface area (TPSA) is 67.7 Å². The fraction of sp³-hybridized carbons (Fsp3) is 0.238. The molecule has 0 aliphatic carbocycles. The van der Waals surface area contributed by atoms with E-state index < -0.39 is 0 Å². The highest BCUT2D eigenvalue weighted by Gasteiger charge is 2.21. The third-order valence-corrected chi connectivity index (χ3v) is 4.59. The van der Waals surface area contributed by atoms with Gasteiger partial charge >= 0.3 is 0 Å². The Balaban J connectivity index is 1.91. The SMILES string of the molecule is Cc1c(N=C(N)N(C)C)noc1C(C)c1ccc(-c2ccccc2)c(F)c1. The Labute approximate surface area is 158 Å². The Morgan fingerprint density at radius 3 is 2.52 bits per heavy atom. The van der Waals surface area contributed by atoms with Crippen LogP contribution in [-0.2, 0) is 0 Å². The van der Waals surface area contributed by atoms with Gasteiger partial charge in [-0.25, -0.2) is 4.39 Å². The number of nitrogens with zero attached hydrogens (tertiary/aromatic N) is 3. The molecule has 140 valence electrons. The second kappa shape index (κ2) is 7.61. The van der Waals surface area contributed by atoms with Crippen molar-refractivity contribution in [3.8, 4) is 11.1 Å². The molecule has 1 unspecified atom stereocenters. The standard InChI is InChI=1S/C21H23FN4O/c1-13(19-14(2)20(25-27-19)24-21(23)26(3)4)16-10-11-17(18(22)12-16)15-8-6-5-7-9-15/h5-13H,1-4H3,(H2,23,24,25). The van der Waals surface area contributed by atoms with Gasteiger partial charge in [-0.2, -0.15) is 4.99 Å². The van der Waals surface area contributed by atoms with Crippen molar-refractivity contribution in [1.82, 2.24) is 10.1 Å². The number of halogens is 1. The van der Waals surface area contributed by atoms with Crippen LogP contribution in [-0.4, -0.2) is 30.1 Å². The van der Waals surface area contributed by atoms with E-state index in [2.05, 4.69) is 10.1 Å². The van der Waals surface area contributed by atoms with Gasteiger partial charge in [0.05, 0.1) is 0 Å². The van der Waals surface area contributed by atoms with Gasteiger partial charge in [-0.3, -0.25) is 0 Å². The molecule has 0 saturated heterocycles. The van der Waals surface area contributed by atoms with Crippen LogP contribution >= 0.6 is 0 Å². The first kappa shape index (κ1) is 18.6. The van der Waals surface area contributed by atoms with Crippen molar-refractivity contribution in [2.75, 3.05) is 14.1 Å². The summed E-state index contributed by atoms with van der Waals surface area (Å²) in [5.74, 6) is 0.986. The van der Waals surface area contributed by atoms with Crippen LogP contribution < -0.4 is 5.73 Å². The van der Waals surface area contributed by atoms with Crippen molar-refractivity contribution in [1.29, 1.82) is 0 Å². The molecule has 1 aromatic heterocycles. The van der Waals surface area contributed by atoms with E-state index in [0.29, 0.717) is 23.1 Å². The largest absolute Gasteiger partial charge is 0.369 e. The highest BCUT2D eigenvalue weighted by molar-refractivity contribution is 5.80. The third kappa shape index (κ3) is 3.84. The number of nitrogens with two attached hydrogens (primary N) is 1. The molecule has 0 aliphatic heterocycles. The smallest absolute Gasteiger partial charge is 0.201 e. The van der Waals surface area contributed by atoms with E-state index in [4.69, 9.17) is 10.3 Å². The summed E-state index contributed by atoms with van der Waals surface area (Å²) in [5, 5.41) is 4.01. The highest BCUT2D eigenvalue weighted by atomic mass is 19.1. The Morgan fingerprint density at radius 1 is 1.19 bits per heavy atom. The summed E-state index contributed by atoms with van der Waals surface area (Å²) in [5.41, 5.74) is 8.87. The Morgan fingerprint density at radius 2 is 1.89 bits per heavy atom. The molecule has 1 atom stereocenters. The van der Waals surface area contributed by atoms with Gasteiger partial charge in [-0.15, -0.1) is 0 Å². The molecule has 0 saturated carbocycles. The molecular formula is C21H23FN4O. The number of hydrogen-bond donors (Lipinski definition) is 1. The lowest BCUT2D eigenvalue weighted by molar-refractivity contribution is 0.376. The van der Waals surface area contributed by atoms with Gasteiger partial charge in [-0.1, -0.05) is 54.5 Å². The van der Waals surface area contributed by atoms with Crippen molar-refractivity contribution < 1.29 is 8.91 Å². The summed E-state index contributed by atoms with van der Waals surface area (Å²) in [7, 11) is 3.60. The number of aliphatic imine (C=N–C) groups is 1. The van der Waals surface area contributed by atoms with E-state index in [1.807, 2.05) is 50.2 Å². The van der Waals surface area contributed by atoms with Crippen molar-refractivity contribution in [2.45, 2.75) is 19.8 Å². The number of rotatable bonds is 4. The van der Waals surface area contributed by atoms with Crippen LogP contribution in [0.25, 0.3) is 11.1 Å². The van der Waals surface area contributed by atoms with Crippen LogP contribution in [0.1, 0.15) is 29.7 Å². The number of aromatic nitrogens is 1. The van der Waals surface area contributed by atoms with E-state index in [1.165, 1.54) is 0 Å². The minimum atomic E-state index is -0.266. The maximum Gasteiger partial charge on any atom is 0.201 e. The van der Waals surface area contributed by atoms with Crippen LogP contribution in [0.15, 0.2) is 58.0 Å². The molecule has 2 aromatic carbocycles. The van der Waals surface area contributed by atoms with Crippen LogP contribution in [0.4, 0.5) is 10.2 Å². The molecule has 0 bridgehead atoms. The molecule has 3 rings (SSSR count). The van der Waals surface area contributed by atoms with E-state index in [-0.39, 0.29) is 11.7 Å². The first-order valence-electron chi connectivity index (χ1n) is 8.71. The predicted octanol–water partition coefficient (Wildman–Crippen LogP) is 4.45. The molecular weight excluding hydrogens is 343 g/mol. The Bertz CT molecular complexity index is 964. The molecule has 1 heterocycles. The van der Waals surface area contributed by atoms with E-state index in [1.54, 1.807) is 31.1 Å². The summed E-state index contributed by atoms with van der Waals surface area (Å²) < 4.78 is 20.2. The second-order valence-electron chi connectivity index (χ2n) is 6.69.